The van der Waals surface area contributed by atoms with Gasteiger partial charge < -0.3 is 14.6 Å². The number of H-pyrrole nitrogens is 1. The minimum Gasteiger partial charge on any atom is -0.465 e. The summed E-state index contributed by atoms with van der Waals surface area (Å²) in [7, 11) is 0. The average Bonchev–Trinajstić information content (AvgIpc) is 3.38. The molecule has 0 unspecified atom stereocenters. The molecule has 136 valence electrons. The van der Waals surface area contributed by atoms with Gasteiger partial charge >= 0.3 is 5.97 Å². The van der Waals surface area contributed by atoms with Crippen molar-refractivity contribution in [2.24, 2.45) is 5.41 Å². The molecule has 0 spiro atoms. The van der Waals surface area contributed by atoms with Crippen molar-refractivity contribution in [1.29, 1.82) is 0 Å². The molecule has 0 radical (unpaired) electrons. The predicted molar refractivity (Wildman–Crippen MR) is 97.6 cm³/mol. The van der Waals surface area contributed by atoms with E-state index in [9.17, 15) is 9.59 Å². The molecule has 2 fully saturated rings. The Hall–Kier alpha value is -2.56. The van der Waals surface area contributed by atoms with Crippen LogP contribution in [0.1, 0.15) is 42.1 Å². The molecule has 2 saturated heterocycles. The molecule has 0 aliphatic carbocycles. The number of rotatable bonds is 5. The van der Waals surface area contributed by atoms with E-state index in [4.69, 9.17) is 4.74 Å². The molecular weight excluding hydrogens is 328 g/mol. The maximum absolute atomic E-state index is 13.0. The van der Waals surface area contributed by atoms with Crippen LogP contribution in [0, 0.1) is 5.41 Å². The van der Waals surface area contributed by atoms with Crippen LogP contribution >= 0.6 is 0 Å². The zero-order chi connectivity index (χ0) is 18.1. The highest BCUT2D eigenvalue weighted by molar-refractivity contribution is 5.96. The van der Waals surface area contributed by atoms with Crippen LogP contribution in [0.2, 0.25) is 0 Å². The summed E-state index contributed by atoms with van der Waals surface area (Å²) in [5.41, 5.74) is 1.12. The van der Waals surface area contributed by atoms with Gasteiger partial charge in [0.15, 0.2) is 0 Å². The van der Waals surface area contributed by atoms with Gasteiger partial charge in [0.2, 0.25) is 0 Å². The molecule has 2 aliphatic heterocycles. The summed E-state index contributed by atoms with van der Waals surface area (Å²) in [6.07, 6.45) is 6.59. The number of ether oxygens (including phenoxy) is 1. The molecule has 2 aliphatic rings. The molecule has 5 heteroatoms. The first-order valence-corrected chi connectivity index (χ1v) is 9.32. The molecule has 3 heterocycles. The Balaban J connectivity index is 1.69. The molecular formula is C21H24N2O3. The van der Waals surface area contributed by atoms with Gasteiger partial charge in [-0.25, -0.2) is 0 Å². The monoisotopic (exact) mass is 352 g/mol. The van der Waals surface area contributed by atoms with E-state index in [-0.39, 0.29) is 24.0 Å². The van der Waals surface area contributed by atoms with Crippen molar-refractivity contribution in [2.75, 3.05) is 6.61 Å². The Kier molecular flexibility index (Phi) is 4.31. The molecule has 3 atom stereocenters. The SMILES string of the molecule is CCOC(=O)[C@@]1(Cc2ccccc2)C[C@H]2CC[C@@H]1N2C(=O)c1cc[nH]c1. The first-order chi connectivity index (χ1) is 12.7. The van der Waals surface area contributed by atoms with Crippen LogP contribution in [0.4, 0.5) is 0 Å². The topological polar surface area (TPSA) is 62.4 Å². The summed E-state index contributed by atoms with van der Waals surface area (Å²) in [6.45, 7) is 2.20. The minimum atomic E-state index is -0.647. The zero-order valence-electron chi connectivity index (χ0n) is 15.0. The van der Waals surface area contributed by atoms with Crippen LogP contribution in [0.25, 0.3) is 0 Å². The number of amides is 1. The van der Waals surface area contributed by atoms with E-state index in [1.165, 1.54) is 0 Å². The molecule has 4 rings (SSSR count). The van der Waals surface area contributed by atoms with Crippen molar-refractivity contribution >= 4 is 11.9 Å². The summed E-state index contributed by atoms with van der Waals surface area (Å²) in [4.78, 5) is 31.0. The molecule has 1 aromatic heterocycles. The van der Waals surface area contributed by atoms with E-state index >= 15 is 0 Å². The van der Waals surface area contributed by atoms with Gasteiger partial charge in [-0.15, -0.1) is 0 Å². The summed E-state index contributed by atoms with van der Waals surface area (Å²) < 4.78 is 5.49. The number of hydrogen-bond donors (Lipinski definition) is 1. The Morgan fingerprint density at radius 3 is 2.73 bits per heavy atom. The van der Waals surface area contributed by atoms with E-state index in [2.05, 4.69) is 4.98 Å². The number of esters is 1. The van der Waals surface area contributed by atoms with E-state index < -0.39 is 5.41 Å². The van der Waals surface area contributed by atoms with Crippen molar-refractivity contribution < 1.29 is 14.3 Å². The van der Waals surface area contributed by atoms with Crippen molar-refractivity contribution in [2.45, 2.75) is 44.7 Å². The fourth-order valence-corrected chi connectivity index (χ4v) is 4.81. The molecule has 2 bridgehead atoms. The Bertz CT molecular complexity index is 787. The number of hydrogen-bond acceptors (Lipinski definition) is 3. The van der Waals surface area contributed by atoms with Crippen LogP contribution in [-0.4, -0.2) is 40.5 Å². The third-order valence-corrected chi connectivity index (χ3v) is 5.86. The third kappa shape index (κ3) is 2.62. The lowest BCUT2D eigenvalue weighted by Gasteiger charge is -2.35. The van der Waals surface area contributed by atoms with Crippen LogP contribution in [0.3, 0.4) is 0 Å². The normalized spacial score (nSPS) is 26.9. The second-order valence-electron chi connectivity index (χ2n) is 7.30. The molecule has 26 heavy (non-hydrogen) atoms. The van der Waals surface area contributed by atoms with E-state index in [1.54, 1.807) is 18.5 Å². The number of nitrogens with zero attached hydrogens (tertiary/aromatic N) is 1. The Labute approximate surface area is 153 Å². The fraction of sp³-hybridized carbons (Fsp3) is 0.429. The minimum absolute atomic E-state index is 0.0120. The summed E-state index contributed by atoms with van der Waals surface area (Å²) in [5.74, 6) is -0.152. The van der Waals surface area contributed by atoms with Gasteiger partial charge in [-0.3, -0.25) is 9.59 Å². The Morgan fingerprint density at radius 2 is 2.04 bits per heavy atom. The number of fused-ring (bicyclic) bond motifs is 2. The van der Waals surface area contributed by atoms with Gasteiger partial charge in [0.1, 0.15) is 0 Å². The first-order valence-electron chi connectivity index (χ1n) is 9.32. The quantitative estimate of drug-likeness (QED) is 0.841. The lowest BCUT2D eigenvalue weighted by atomic mass is 9.70. The second kappa shape index (κ2) is 6.63. The van der Waals surface area contributed by atoms with Crippen molar-refractivity contribution in [3.05, 3.63) is 59.9 Å². The number of nitrogens with one attached hydrogen (secondary N) is 1. The number of carbonyl (C=O) groups excluding carboxylic acids is 2. The Morgan fingerprint density at radius 1 is 1.23 bits per heavy atom. The van der Waals surface area contributed by atoms with Crippen LogP contribution in [-0.2, 0) is 16.0 Å². The molecule has 2 aromatic rings. The van der Waals surface area contributed by atoms with Gasteiger partial charge in [-0.05, 0) is 44.2 Å². The lowest BCUT2D eigenvalue weighted by Crippen LogP contribution is -2.47. The molecule has 1 N–H and O–H groups in total. The highest BCUT2D eigenvalue weighted by atomic mass is 16.5. The molecule has 1 amide bonds. The summed E-state index contributed by atoms with van der Waals surface area (Å²) in [5, 5.41) is 0. The lowest BCUT2D eigenvalue weighted by molar-refractivity contribution is -0.157. The first kappa shape index (κ1) is 16.9. The number of carbonyl (C=O) groups is 2. The zero-order valence-corrected chi connectivity index (χ0v) is 15.0. The highest BCUT2D eigenvalue weighted by Crippen LogP contribution is 2.52. The van der Waals surface area contributed by atoms with Gasteiger partial charge in [0, 0.05) is 24.5 Å². The van der Waals surface area contributed by atoms with E-state index in [0.717, 1.165) is 18.4 Å². The smallest absolute Gasteiger partial charge is 0.314 e. The van der Waals surface area contributed by atoms with Crippen LogP contribution < -0.4 is 0 Å². The maximum Gasteiger partial charge on any atom is 0.314 e. The van der Waals surface area contributed by atoms with Crippen LogP contribution in [0.5, 0.6) is 0 Å². The summed E-state index contributed by atoms with van der Waals surface area (Å²) >= 11 is 0. The maximum atomic E-state index is 13.0. The highest BCUT2D eigenvalue weighted by Gasteiger charge is 2.61. The fourth-order valence-electron chi connectivity index (χ4n) is 4.81. The van der Waals surface area contributed by atoms with Gasteiger partial charge in [0.05, 0.1) is 17.6 Å². The van der Waals surface area contributed by atoms with Gasteiger partial charge in [-0.1, -0.05) is 30.3 Å². The summed E-state index contributed by atoms with van der Waals surface area (Å²) in [6, 6.07) is 11.8. The van der Waals surface area contributed by atoms with Gasteiger partial charge in [0.25, 0.3) is 5.91 Å². The largest absolute Gasteiger partial charge is 0.465 e. The van der Waals surface area contributed by atoms with Crippen LogP contribution in [0.15, 0.2) is 48.8 Å². The van der Waals surface area contributed by atoms with E-state index in [1.807, 2.05) is 42.2 Å². The molecule has 1 aromatic carbocycles. The van der Waals surface area contributed by atoms with E-state index in [0.29, 0.717) is 25.0 Å². The van der Waals surface area contributed by atoms with Crippen molar-refractivity contribution in [1.82, 2.24) is 9.88 Å². The third-order valence-electron chi connectivity index (χ3n) is 5.86. The number of aromatic nitrogens is 1. The number of benzene rings is 1. The molecule has 0 saturated carbocycles. The number of aromatic amines is 1. The molecule has 5 nitrogen and oxygen atoms in total. The average molecular weight is 352 g/mol. The van der Waals surface area contributed by atoms with Crippen molar-refractivity contribution in [3.8, 4) is 0 Å². The van der Waals surface area contributed by atoms with Crippen molar-refractivity contribution in [3.63, 3.8) is 0 Å². The predicted octanol–water partition coefficient (Wildman–Crippen LogP) is 3.18. The standard InChI is InChI=1S/C21H24N2O3/c1-2-26-20(25)21(12-15-6-4-3-5-7-15)13-17-8-9-18(21)23(17)19(24)16-10-11-22-14-16/h3-7,10-11,14,17-18,22H,2,8-9,12-13H2,1H3/t17-,18+,21+/m1/s1. The second-order valence-corrected chi connectivity index (χ2v) is 7.30. The van der Waals surface area contributed by atoms with Gasteiger partial charge in [-0.2, -0.15) is 0 Å².